The fourth-order valence-corrected chi connectivity index (χ4v) is 2.15. The van der Waals surface area contributed by atoms with Crippen molar-refractivity contribution in [2.24, 2.45) is 0 Å². The van der Waals surface area contributed by atoms with Crippen molar-refractivity contribution >= 4 is 17.5 Å². The van der Waals surface area contributed by atoms with Crippen molar-refractivity contribution in [2.45, 2.75) is 12.5 Å². The minimum atomic E-state index is -0.421. The van der Waals surface area contributed by atoms with E-state index in [1.807, 2.05) is 0 Å². The number of rotatable bonds is 3. The van der Waals surface area contributed by atoms with Crippen LogP contribution in [-0.2, 0) is 4.74 Å². The Morgan fingerprint density at radius 3 is 2.95 bits per heavy atom. The number of nitrogens with one attached hydrogen (secondary N) is 1. The third kappa shape index (κ3) is 2.93. The summed E-state index contributed by atoms with van der Waals surface area (Å²) in [5.74, 6) is 0. The second-order valence-corrected chi connectivity index (χ2v) is 4.32. The predicted molar refractivity (Wildman–Crippen MR) is 69.1 cm³/mol. The Bertz CT molecular complexity index is 492. The van der Waals surface area contributed by atoms with E-state index in [0.717, 1.165) is 6.42 Å². The van der Waals surface area contributed by atoms with Gasteiger partial charge in [-0.15, -0.1) is 0 Å². The highest BCUT2D eigenvalue weighted by molar-refractivity contribution is 5.68. The van der Waals surface area contributed by atoms with E-state index in [-0.39, 0.29) is 17.8 Å². The van der Waals surface area contributed by atoms with Gasteiger partial charge in [-0.05, 0) is 12.5 Å². The molecule has 2 rings (SSSR count). The number of hydrogen-bond donors (Lipinski definition) is 1. The number of nitrogens with zero attached hydrogens (tertiary/aromatic N) is 2. The van der Waals surface area contributed by atoms with Crippen molar-refractivity contribution in [3.05, 3.63) is 34.4 Å². The second kappa shape index (κ2) is 5.55. The van der Waals surface area contributed by atoms with Crippen LogP contribution in [0, 0.1) is 10.1 Å². The molecule has 1 N–H and O–H groups in total. The molecule has 0 unspecified atom stereocenters. The number of carbonyl (C=O) groups is 1. The fourth-order valence-electron chi connectivity index (χ4n) is 2.15. The van der Waals surface area contributed by atoms with Gasteiger partial charge in [0, 0.05) is 25.2 Å². The first-order valence-corrected chi connectivity index (χ1v) is 5.94. The molecule has 1 aromatic rings. The molecule has 1 aliphatic rings. The first-order valence-electron chi connectivity index (χ1n) is 5.94. The maximum atomic E-state index is 11.4. The number of nitro groups is 1. The molecular weight excluding hydrogens is 250 g/mol. The van der Waals surface area contributed by atoms with Crippen LogP contribution in [0.5, 0.6) is 0 Å². The molecule has 0 aromatic heterocycles. The summed E-state index contributed by atoms with van der Waals surface area (Å²) in [6, 6.07) is 6.48. The number of carbonyl (C=O) groups excluding carboxylic acids is 1. The Labute approximate surface area is 110 Å². The summed E-state index contributed by atoms with van der Waals surface area (Å²) in [6.07, 6.45) is 0.369. The van der Waals surface area contributed by atoms with Crippen LogP contribution in [0.25, 0.3) is 0 Å². The first-order chi connectivity index (χ1) is 9.11. The van der Waals surface area contributed by atoms with Gasteiger partial charge < -0.3 is 15.0 Å². The molecule has 7 nitrogen and oxygen atoms in total. The van der Waals surface area contributed by atoms with E-state index < -0.39 is 4.92 Å². The molecule has 7 heteroatoms. The highest BCUT2D eigenvalue weighted by Gasteiger charge is 2.27. The minimum Gasteiger partial charge on any atom is -0.453 e. The van der Waals surface area contributed by atoms with Gasteiger partial charge in [0.25, 0.3) is 5.69 Å². The normalized spacial score (nSPS) is 18.2. The lowest BCUT2D eigenvalue weighted by atomic mass is 10.2. The number of ether oxygens (including phenoxy) is 1. The van der Waals surface area contributed by atoms with Crippen molar-refractivity contribution in [1.29, 1.82) is 0 Å². The Balaban J connectivity index is 2.03. The maximum absolute atomic E-state index is 11.4. The lowest BCUT2D eigenvalue weighted by molar-refractivity contribution is -0.384. The molecule has 1 saturated heterocycles. The molecule has 1 amide bonds. The number of hydrogen-bond acceptors (Lipinski definition) is 5. The minimum absolute atomic E-state index is 0.000185. The van der Waals surface area contributed by atoms with Crippen LogP contribution in [0.3, 0.4) is 0 Å². The second-order valence-electron chi connectivity index (χ2n) is 4.32. The number of methoxy groups -OCH3 is 1. The molecule has 0 radical (unpaired) electrons. The number of benzene rings is 1. The van der Waals surface area contributed by atoms with E-state index in [1.54, 1.807) is 23.1 Å². The maximum Gasteiger partial charge on any atom is 0.409 e. The van der Waals surface area contributed by atoms with E-state index in [9.17, 15) is 14.9 Å². The van der Waals surface area contributed by atoms with Crippen molar-refractivity contribution in [2.75, 3.05) is 25.5 Å². The lowest BCUT2D eigenvalue weighted by Gasteiger charge is -2.16. The van der Waals surface area contributed by atoms with Crippen molar-refractivity contribution in [1.82, 2.24) is 4.90 Å². The molecule has 1 fully saturated rings. The molecule has 1 aliphatic heterocycles. The van der Waals surface area contributed by atoms with Gasteiger partial charge >= 0.3 is 6.09 Å². The average Bonchev–Trinajstić information content (AvgIpc) is 2.86. The third-order valence-corrected chi connectivity index (χ3v) is 3.08. The zero-order chi connectivity index (χ0) is 13.8. The summed E-state index contributed by atoms with van der Waals surface area (Å²) >= 11 is 0. The number of nitro benzene ring substituents is 1. The molecule has 0 bridgehead atoms. The topological polar surface area (TPSA) is 84.7 Å². The Morgan fingerprint density at radius 2 is 2.26 bits per heavy atom. The van der Waals surface area contributed by atoms with E-state index in [4.69, 9.17) is 0 Å². The highest BCUT2D eigenvalue weighted by Crippen LogP contribution is 2.25. The van der Waals surface area contributed by atoms with E-state index in [0.29, 0.717) is 18.8 Å². The zero-order valence-corrected chi connectivity index (χ0v) is 10.5. The highest BCUT2D eigenvalue weighted by atomic mass is 16.6. The molecule has 1 aromatic carbocycles. The fraction of sp³-hybridized carbons (Fsp3) is 0.417. The quantitative estimate of drug-likeness (QED) is 0.666. The number of anilines is 1. The first kappa shape index (κ1) is 13.1. The molecule has 0 saturated carbocycles. The summed E-state index contributed by atoms with van der Waals surface area (Å²) < 4.78 is 4.65. The van der Waals surface area contributed by atoms with Gasteiger partial charge in [0.1, 0.15) is 5.69 Å². The summed E-state index contributed by atoms with van der Waals surface area (Å²) in [4.78, 5) is 23.4. The van der Waals surface area contributed by atoms with Crippen LogP contribution in [-0.4, -0.2) is 42.2 Å². The van der Waals surface area contributed by atoms with Crippen LogP contribution >= 0.6 is 0 Å². The van der Waals surface area contributed by atoms with E-state index in [2.05, 4.69) is 10.1 Å². The zero-order valence-electron chi connectivity index (χ0n) is 10.5. The van der Waals surface area contributed by atoms with Crippen molar-refractivity contribution in [3.63, 3.8) is 0 Å². The monoisotopic (exact) mass is 265 g/mol. The van der Waals surface area contributed by atoms with Gasteiger partial charge in [-0.3, -0.25) is 10.1 Å². The Kier molecular flexibility index (Phi) is 3.84. The van der Waals surface area contributed by atoms with Gasteiger partial charge in [0.2, 0.25) is 0 Å². The standard InChI is InChI=1S/C12H15N3O4/c1-19-12(16)14-7-6-9(8-14)13-10-4-2-3-5-11(10)15(17)18/h2-5,9,13H,6-8H2,1H3/t9-/m1/s1. The molecular formula is C12H15N3O4. The summed E-state index contributed by atoms with van der Waals surface area (Å²) in [5.41, 5.74) is 0.517. The van der Waals surface area contributed by atoms with Crippen LogP contribution in [0.4, 0.5) is 16.2 Å². The van der Waals surface area contributed by atoms with Crippen LogP contribution < -0.4 is 5.32 Å². The van der Waals surface area contributed by atoms with Gasteiger partial charge in [-0.25, -0.2) is 4.79 Å². The van der Waals surface area contributed by atoms with Gasteiger partial charge in [0.15, 0.2) is 0 Å². The Hall–Kier alpha value is -2.31. The molecule has 1 atom stereocenters. The largest absolute Gasteiger partial charge is 0.453 e. The SMILES string of the molecule is COC(=O)N1CC[C@@H](Nc2ccccc2[N+](=O)[O-])C1. The van der Waals surface area contributed by atoms with E-state index >= 15 is 0 Å². The van der Waals surface area contributed by atoms with Gasteiger partial charge in [-0.1, -0.05) is 12.1 Å². The van der Waals surface area contributed by atoms with Crippen LogP contribution in [0.1, 0.15) is 6.42 Å². The summed E-state index contributed by atoms with van der Waals surface area (Å²) in [7, 11) is 1.34. The molecule has 0 spiro atoms. The van der Waals surface area contributed by atoms with Crippen molar-refractivity contribution < 1.29 is 14.5 Å². The van der Waals surface area contributed by atoms with Gasteiger partial charge in [0.05, 0.1) is 12.0 Å². The van der Waals surface area contributed by atoms with E-state index in [1.165, 1.54) is 13.2 Å². The smallest absolute Gasteiger partial charge is 0.409 e. The number of para-hydroxylation sites is 2. The average molecular weight is 265 g/mol. The predicted octanol–water partition coefficient (Wildman–Crippen LogP) is 1.85. The van der Waals surface area contributed by atoms with Crippen molar-refractivity contribution in [3.8, 4) is 0 Å². The summed E-state index contributed by atoms with van der Waals surface area (Å²) in [6.45, 7) is 1.07. The molecule has 102 valence electrons. The number of likely N-dealkylation sites (tertiary alicyclic amines) is 1. The Morgan fingerprint density at radius 1 is 1.53 bits per heavy atom. The third-order valence-electron chi connectivity index (χ3n) is 3.08. The summed E-state index contributed by atoms with van der Waals surface area (Å²) in [5, 5.41) is 14.0. The van der Waals surface area contributed by atoms with Crippen LogP contribution in [0.2, 0.25) is 0 Å². The van der Waals surface area contributed by atoms with Crippen LogP contribution in [0.15, 0.2) is 24.3 Å². The molecule has 1 heterocycles. The number of amides is 1. The van der Waals surface area contributed by atoms with Gasteiger partial charge in [-0.2, -0.15) is 0 Å². The molecule has 0 aliphatic carbocycles. The lowest BCUT2D eigenvalue weighted by Crippen LogP contribution is -2.31. The molecule has 19 heavy (non-hydrogen) atoms.